The lowest BCUT2D eigenvalue weighted by atomic mass is 10.1. The van der Waals surface area contributed by atoms with E-state index in [1.165, 1.54) is 0 Å². The Kier molecular flexibility index (Phi) is 10.5. The number of anilines is 1. The molecular formula is C25H38N4O6. The number of hydrogen-bond acceptors (Lipinski definition) is 7. The number of ether oxygens (including phenoxy) is 2. The second-order valence-corrected chi connectivity index (χ2v) is 9.73. The van der Waals surface area contributed by atoms with E-state index in [9.17, 15) is 19.2 Å². The molecule has 0 spiro atoms. The molecule has 0 aliphatic heterocycles. The van der Waals surface area contributed by atoms with E-state index >= 15 is 0 Å². The zero-order valence-electron chi connectivity index (χ0n) is 21.4. The molecule has 1 fully saturated rings. The number of aromatic nitrogens is 1. The molecule has 1 aromatic heterocycles. The maximum atomic E-state index is 12.8. The van der Waals surface area contributed by atoms with Crippen molar-refractivity contribution in [1.29, 1.82) is 0 Å². The van der Waals surface area contributed by atoms with E-state index in [0.29, 0.717) is 25.3 Å². The van der Waals surface area contributed by atoms with Gasteiger partial charge in [0.25, 0.3) is 0 Å². The highest BCUT2D eigenvalue weighted by molar-refractivity contribution is 5.86. The molecule has 1 atom stereocenters. The number of nitrogens with zero attached hydrogens (tertiary/aromatic N) is 2. The molecule has 0 bridgehead atoms. The molecule has 1 aromatic rings. The minimum atomic E-state index is -0.606. The molecule has 0 radical (unpaired) electrons. The van der Waals surface area contributed by atoms with Crippen LogP contribution in [0.2, 0.25) is 0 Å². The van der Waals surface area contributed by atoms with Gasteiger partial charge in [-0.25, -0.2) is 9.78 Å². The highest BCUT2D eigenvalue weighted by Gasteiger charge is 2.33. The van der Waals surface area contributed by atoms with Crippen molar-refractivity contribution in [3.63, 3.8) is 0 Å². The van der Waals surface area contributed by atoms with Gasteiger partial charge in [-0.3, -0.25) is 19.7 Å². The predicted molar refractivity (Wildman–Crippen MR) is 131 cm³/mol. The third-order valence-electron chi connectivity index (χ3n) is 5.07. The van der Waals surface area contributed by atoms with Crippen molar-refractivity contribution in [2.45, 2.75) is 90.8 Å². The van der Waals surface area contributed by atoms with Crippen LogP contribution in [0.1, 0.15) is 72.4 Å². The predicted octanol–water partition coefficient (Wildman–Crippen LogP) is 3.20. The molecule has 35 heavy (non-hydrogen) atoms. The fourth-order valence-corrected chi connectivity index (χ4v) is 3.46. The van der Waals surface area contributed by atoms with Crippen LogP contribution in [0.15, 0.2) is 18.2 Å². The van der Waals surface area contributed by atoms with Crippen LogP contribution in [0.25, 0.3) is 0 Å². The first-order valence-electron chi connectivity index (χ1n) is 12.2. The molecule has 1 aliphatic carbocycles. The van der Waals surface area contributed by atoms with Gasteiger partial charge in [-0.15, -0.1) is 0 Å². The zero-order valence-corrected chi connectivity index (χ0v) is 21.4. The first-order chi connectivity index (χ1) is 16.5. The molecule has 1 saturated carbocycles. The summed E-state index contributed by atoms with van der Waals surface area (Å²) >= 11 is 0. The largest absolute Gasteiger partial charge is 0.466 e. The van der Waals surface area contributed by atoms with Gasteiger partial charge >= 0.3 is 12.1 Å². The summed E-state index contributed by atoms with van der Waals surface area (Å²) in [5, 5.41) is 5.38. The van der Waals surface area contributed by atoms with Crippen molar-refractivity contribution >= 4 is 29.7 Å². The molecule has 0 saturated heterocycles. The number of nitrogens with one attached hydrogen (secondary N) is 2. The van der Waals surface area contributed by atoms with Crippen molar-refractivity contribution in [1.82, 2.24) is 15.2 Å². The van der Waals surface area contributed by atoms with Gasteiger partial charge in [0.1, 0.15) is 11.4 Å². The molecular weight excluding hydrogens is 452 g/mol. The Morgan fingerprint density at radius 1 is 1.20 bits per heavy atom. The first kappa shape index (κ1) is 28.1. The minimum Gasteiger partial charge on any atom is -0.466 e. The smallest absolute Gasteiger partial charge is 0.413 e. The summed E-state index contributed by atoms with van der Waals surface area (Å²) in [5.74, 6) is -0.348. The van der Waals surface area contributed by atoms with Crippen LogP contribution in [-0.2, 0) is 30.3 Å². The second-order valence-electron chi connectivity index (χ2n) is 9.73. The monoisotopic (exact) mass is 490 g/mol. The van der Waals surface area contributed by atoms with Crippen LogP contribution < -0.4 is 10.6 Å². The molecule has 2 N–H and O–H groups in total. The van der Waals surface area contributed by atoms with Gasteiger partial charge in [0, 0.05) is 24.2 Å². The molecule has 194 valence electrons. The molecule has 10 nitrogen and oxygen atoms in total. The molecule has 0 unspecified atom stereocenters. The van der Waals surface area contributed by atoms with Crippen molar-refractivity contribution in [3.8, 4) is 0 Å². The van der Waals surface area contributed by atoms with Gasteiger partial charge in [0.15, 0.2) is 0 Å². The summed E-state index contributed by atoms with van der Waals surface area (Å²) in [6, 6.07) is 5.02. The maximum absolute atomic E-state index is 12.8. The second kappa shape index (κ2) is 13.1. The summed E-state index contributed by atoms with van der Waals surface area (Å²) in [6.45, 7) is 9.09. The van der Waals surface area contributed by atoms with E-state index in [2.05, 4.69) is 15.6 Å². The Balaban J connectivity index is 1.81. The lowest BCUT2D eigenvalue weighted by molar-refractivity contribution is -0.144. The number of hydrogen-bond donors (Lipinski definition) is 2. The molecule has 1 aliphatic rings. The van der Waals surface area contributed by atoms with Gasteiger partial charge in [-0.1, -0.05) is 6.07 Å². The number of amides is 3. The highest BCUT2D eigenvalue weighted by atomic mass is 16.6. The summed E-state index contributed by atoms with van der Waals surface area (Å²) < 4.78 is 10.1. The van der Waals surface area contributed by atoms with E-state index in [0.717, 1.165) is 18.5 Å². The lowest BCUT2D eigenvalue weighted by Gasteiger charge is -2.23. The Morgan fingerprint density at radius 3 is 2.54 bits per heavy atom. The number of pyridine rings is 1. The topological polar surface area (TPSA) is 127 Å². The normalized spacial score (nSPS) is 14.0. The third kappa shape index (κ3) is 11.2. The van der Waals surface area contributed by atoms with Crippen molar-refractivity contribution in [2.75, 3.05) is 18.5 Å². The quantitative estimate of drug-likeness (QED) is 0.431. The number of esters is 1. The molecule has 0 aromatic carbocycles. The van der Waals surface area contributed by atoms with Gasteiger partial charge in [-0.2, -0.15) is 0 Å². The maximum Gasteiger partial charge on any atom is 0.413 e. The van der Waals surface area contributed by atoms with Crippen molar-refractivity contribution in [3.05, 3.63) is 23.9 Å². The van der Waals surface area contributed by atoms with Crippen molar-refractivity contribution < 1.29 is 28.7 Å². The Bertz CT molecular complexity index is 894. The third-order valence-corrected chi connectivity index (χ3v) is 5.07. The van der Waals surface area contributed by atoms with Crippen LogP contribution in [-0.4, -0.2) is 64.6 Å². The van der Waals surface area contributed by atoms with E-state index in [1.54, 1.807) is 51.7 Å². The lowest BCUT2D eigenvalue weighted by Crippen LogP contribution is -2.45. The van der Waals surface area contributed by atoms with Crippen molar-refractivity contribution in [2.24, 2.45) is 0 Å². The Labute approximate surface area is 207 Å². The molecule has 2 rings (SSSR count). The average molecular weight is 491 g/mol. The van der Waals surface area contributed by atoms with Gasteiger partial charge in [0.05, 0.1) is 19.6 Å². The number of carbonyl (C=O) groups is 4. The number of aryl methyl sites for hydroxylation is 1. The van der Waals surface area contributed by atoms with E-state index in [1.807, 2.05) is 6.07 Å². The Morgan fingerprint density at radius 2 is 1.91 bits per heavy atom. The number of rotatable bonds is 12. The summed E-state index contributed by atoms with van der Waals surface area (Å²) in [6.07, 6.45) is 2.68. The van der Waals surface area contributed by atoms with E-state index < -0.39 is 11.7 Å². The summed E-state index contributed by atoms with van der Waals surface area (Å²) in [4.78, 5) is 54.8. The highest BCUT2D eigenvalue weighted by Crippen LogP contribution is 2.27. The average Bonchev–Trinajstić information content (AvgIpc) is 3.56. The van der Waals surface area contributed by atoms with Gasteiger partial charge in [0.2, 0.25) is 11.8 Å². The van der Waals surface area contributed by atoms with Gasteiger partial charge in [-0.05, 0) is 72.4 Å². The van der Waals surface area contributed by atoms with E-state index in [-0.39, 0.29) is 49.3 Å². The summed E-state index contributed by atoms with van der Waals surface area (Å²) in [7, 11) is 0. The van der Waals surface area contributed by atoms with Crippen LogP contribution in [0.5, 0.6) is 0 Å². The van der Waals surface area contributed by atoms with Crippen LogP contribution >= 0.6 is 0 Å². The fourth-order valence-electron chi connectivity index (χ4n) is 3.46. The van der Waals surface area contributed by atoms with Crippen LogP contribution in [0.4, 0.5) is 10.6 Å². The number of carbonyl (C=O) groups excluding carboxylic acids is 4. The standard InChI is InChI=1S/C25H38N4O6/c1-6-34-23(32)15-17(2)26-21(30)16-29(19-13-14-19)22(31)12-8-10-18-9-7-11-20(27-18)28-24(33)35-25(3,4)5/h7,9,11,17,19H,6,8,10,12-16H2,1-5H3,(H,26,30)(H,27,28,33)/t17-/m1/s1. The Hall–Kier alpha value is -3.17. The van der Waals surface area contributed by atoms with E-state index in [4.69, 9.17) is 9.47 Å². The first-order valence-corrected chi connectivity index (χ1v) is 12.2. The molecule has 3 amide bonds. The minimum absolute atomic E-state index is 0.0236. The van der Waals surface area contributed by atoms with Crippen LogP contribution in [0, 0.1) is 0 Å². The van der Waals surface area contributed by atoms with Crippen LogP contribution in [0.3, 0.4) is 0 Å². The van der Waals surface area contributed by atoms with Gasteiger partial charge < -0.3 is 19.7 Å². The molecule has 10 heteroatoms. The molecule has 1 heterocycles. The summed E-state index contributed by atoms with van der Waals surface area (Å²) in [5.41, 5.74) is 0.139. The zero-order chi connectivity index (χ0) is 26.0. The SMILES string of the molecule is CCOC(=O)C[C@@H](C)NC(=O)CN(C(=O)CCCc1cccc(NC(=O)OC(C)(C)C)n1)C1CC1. The fraction of sp³-hybridized carbons (Fsp3) is 0.640.